The fourth-order valence-electron chi connectivity index (χ4n) is 14.4. The minimum absolute atomic E-state index is 0.855. The van der Waals surface area contributed by atoms with Crippen LogP contribution in [0.1, 0.15) is 0 Å². The molecule has 0 spiro atoms. The van der Waals surface area contributed by atoms with E-state index < -0.39 is 0 Å². The highest BCUT2D eigenvalue weighted by Gasteiger charge is 2.24. The average molecular weight is 1120 g/mol. The third-order valence-corrected chi connectivity index (χ3v) is 18.4. The summed E-state index contributed by atoms with van der Waals surface area (Å²) in [6.07, 6.45) is 0. The second kappa shape index (κ2) is 20.0. The van der Waals surface area contributed by atoms with Crippen LogP contribution in [0.3, 0.4) is 0 Å². The molecule has 0 aliphatic rings. The standard InChI is InChI=1S/C86H52O2/c1-4-21-54(22-5-1)64-44-45-65(55-23-6-2-7-24-55)86-84(64)77-50-62(43-47-79(77)88-86)83-72-34-18-14-30-68(72)81(69-31-15-19-35-73(69)83)58-39-37-56(38-40-58)74-51-63(60-41-36-53-20-10-11-27-59(53)48-60)52-76-75-49-61(42-46-78(75)87-85(74)76)82-70-32-16-12-28-66(70)80(57-25-8-3-9-26-57)67-29-13-17-33-71(67)82/h1-52H. The number of rotatable bonds is 8. The lowest BCUT2D eigenvalue weighted by Crippen LogP contribution is -1.91. The van der Waals surface area contributed by atoms with Crippen LogP contribution in [0.25, 0.3) is 187 Å². The molecule has 0 saturated heterocycles. The van der Waals surface area contributed by atoms with Crippen LogP contribution >= 0.6 is 0 Å². The molecular weight excluding hydrogens is 1060 g/mol. The van der Waals surface area contributed by atoms with Crippen molar-refractivity contribution in [1.29, 1.82) is 0 Å². The Hall–Kier alpha value is -11.6. The largest absolute Gasteiger partial charge is 0.455 e. The van der Waals surface area contributed by atoms with E-state index in [1.165, 1.54) is 81.7 Å². The van der Waals surface area contributed by atoms with Crippen LogP contribution < -0.4 is 0 Å². The monoisotopic (exact) mass is 1120 g/mol. The maximum absolute atomic E-state index is 7.12. The second-order valence-corrected chi connectivity index (χ2v) is 23.3. The maximum atomic E-state index is 7.12. The summed E-state index contributed by atoms with van der Waals surface area (Å²) in [6, 6.07) is 115. The molecule has 0 unspecified atom stereocenters. The first-order valence-electron chi connectivity index (χ1n) is 30.3. The van der Waals surface area contributed by atoms with Crippen LogP contribution in [0.5, 0.6) is 0 Å². The van der Waals surface area contributed by atoms with Gasteiger partial charge in [0.25, 0.3) is 0 Å². The molecule has 16 aromatic carbocycles. The van der Waals surface area contributed by atoms with E-state index in [2.05, 4.69) is 315 Å². The van der Waals surface area contributed by atoms with Gasteiger partial charge in [-0.3, -0.25) is 0 Å². The summed E-state index contributed by atoms with van der Waals surface area (Å²) < 4.78 is 14.0. The van der Waals surface area contributed by atoms with Gasteiger partial charge >= 0.3 is 0 Å². The van der Waals surface area contributed by atoms with Crippen LogP contribution in [0.15, 0.2) is 324 Å². The van der Waals surface area contributed by atoms with Crippen molar-refractivity contribution in [2.45, 2.75) is 0 Å². The van der Waals surface area contributed by atoms with E-state index >= 15 is 0 Å². The fraction of sp³-hybridized carbons (Fsp3) is 0. The van der Waals surface area contributed by atoms with E-state index in [0.29, 0.717) is 0 Å². The molecule has 408 valence electrons. The molecule has 2 nitrogen and oxygen atoms in total. The molecule has 0 aliphatic carbocycles. The van der Waals surface area contributed by atoms with E-state index in [1.54, 1.807) is 0 Å². The van der Waals surface area contributed by atoms with Crippen LogP contribution in [-0.2, 0) is 0 Å². The summed E-state index contributed by atoms with van der Waals surface area (Å²) in [5.74, 6) is 0. The van der Waals surface area contributed by atoms with Gasteiger partial charge in [0.1, 0.15) is 22.3 Å². The summed E-state index contributed by atoms with van der Waals surface area (Å²) in [5.41, 5.74) is 22.0. The third kappa shape index (κ3) is 7.89. The van der Waals surface area contributed by atoms with E-state index in [9.17, 15) is 0 Å². The van der Waals surface area contributed by atoms with E-state index in [4.69, 9.17) is 8.83 Å². The predicted octanol–water partition coefficient (Wildman–Crippen LogP) is 24.6. The molecule has 2 heterocycles. The molecule has 18 aromatic rings. The van der Waals surface area contributed by atoms with Crippen molar-refractivity contribution in [3.8, 4) is 89.0 Å². The lowest BCUT2D eigenvalue weighted by Gasteiger charge is -2.18. The number of hydrogen-bond acceptors (Lipinski definition) is 2. The molecule has 0 radical (unpaired) electrons. The lowest BCUT2D eigenvalue weighted by atomic mass is 9.85. The smallest absolute Gasteiger partial charge is 0.143 e. The van der Waals surface area contributed by atoms with Crippen molar-refractivity contribution < 1.29 is 8.83 Å². The molecular formula is C86H52O2. The Labute approximate surface area is 508 Å². The first-order chi connectivity index (χ1) is 43.6. The van der Waals surface area contributed by atoms with Gasteiger partial charge in [-0.05, 0) is 180 Å². The van der Waals surface area contributed by atoms with Crippen LogP contribution in [-0.4, -0.2) is 0 Å². The molecule has 88 heavy (non-hydrogen) atoms. The first kappa shape index (κ1) is 49.8. The van der Waals surface area contributed by atoms with Crippen LogP contribution in [0, 0.1) is 0 Å². The Morgan fingerprint density at radius 3 is 1.08 bits per heavy atom. The minimum atomic E-state index is 0.855. The molecule has 0 aliphatic heterocycles. The molecule has 2 aromatic heterocycles. The van der Waals surface area contributed by atoms with Crippen molar-refractivity contribution in [2.75, 3.05) is 0 Å². The quantitative estimate of drug-likeness (QED) is 0.142. The van der Waals surface area contributed by atoms with Crippen molar-refractivity contribution in [1.82, 2.24) is 0 Å². The Balaban J connectivity index is 0.804. The fourth-order valence-corrected chi connectivity index (χ4v) is 14.4. The van der Waals surface area contributed by atoms with E-state index in [0.717, 1.165) is 105 Å². The topological polar surface area (TPSA) is 26.3 Å². The van der Waals surface area contributed by atoms with Gasteiger partial charge < -0.3 is 8.83 Å². The average Bonchev–Trinajstić information content (AvgIpc) is 1.32. The number of furan rings is 2. The van der Waals surface area contributed by atoms with Gasteiger partial charge in [0.15, 0.2) is 0 Å². The normalized spacial score (nSPS) is 11.9. The van der Waals surface area contributed by atoms with Crippen molar-refractivity contribution in [3.05, 3.63) is 315 Å². The second-order valence-electron chi connectivity index (χ2n) is 23.3. The summed E-state index contributed by atoms with van der Waals surface area (Å²) in [6.45, 7) is 0. The predicted molar refractivity (Wildman–Crippen MR) is 372 cm³/mol. The summed E-state index contributed by atoms with van der Waals surface area (Å²) in [7, 11) is 0. The van der Waals surface area contributed by atoms with Crippen molar-refractivity contribution in [2.24, 2.45) is 0 Å². The first-order valence-corrected chi connectivity index (χ1v) is 30.3. The molecule has 0 N–H and O–H groups in total. The molecule has 0 saturated carbocycles. The highest BCUT2D eigenvalue weighted by atomic mass is 16.3. The van der Waals surface area contributed by atoms with Gasteiger partial charge in [0.2, 0.25) is 0 Å². The molecule has 2 heteroatoms. The summed E-state index contributed by atoms with van der Waals surface area (Å²) >= 11 is 0. The molecule has 0 atom stereocenters. The Morgan fingerprint density at radius 1 is 0.170 bits per heavy atom. The number of hydrogen-bond donors (Lipinski definition) is 0. The summed E-state index contributed by atoms with van der Waals surface area (Å²) in [4.78, 5) is 0. The van der Waals surface area contributed by atoms with Gasteiger partial charge in [-0.1, -0.05) is 267 Å². The van der Waals surface area contributed by atoms with Gasteiger partial charge in [-0.2, -0.15) is 0 Å². The molecule has 0 bridgehead atoms. The zero-order chi connectivity index (χ0) is 57.8. The highest BCUT2D eigenvalue weighted by molar-refractivity contribution is 6.25. The summed E-state index contributed by atoms with van der Waals surface area (Å²) in [5, 5.41) is 16.5. The zero-order valence-electron chi connectivity index (χ0n) is 47.8. The van der Waals surface area contributed by atoms with Gasteiger partial charge in [-0.25, -0.2) is 0 Å². The number of benzene rings is 16. The SMILES string of the molecule is c1ccc(-c2c3ccccc3c(-c3ccc4oc5c(-c6ccc(-c7c8ccccc8c(-c8ccc9oc%10c(-c%11ccccc%11)ccc(-c%11ccccc%11)c%10c9c8)c8ccccc78)cc6)cc(-c6ccc7ccccc7c6)cc5c4c3)c3ccccc23)cc1. The van der Waals surface area contributed by atoms with Crippen molar-refractivity contribution in [3.63, 3.8) is 0 Å². The molecule has 0 fully saturated rings. The minimum Gasteiger partial charge on any atom is -0.455 e. The van der Waals surface area contributed by atoms with Crippen LogP contribution in [0.2, 0.25) is 0 Å². The Morgan fingerprint density at radius 2 is 0.534 bits per heavy atom. The Bertz CT molecular complexity index is 5720. The third-order valence-electron chi connectivity index (χ3n) is 18.4. The van der Waals surface area contributed by atoms with Gasteiger partial charge in [-0.15, -0.1) is 0 Å². The lowest BCUT2D eigenvalue weighted by molar-refractivity contribution is 0.669. The molecule has 0 amide bonds. The van der Waals surface area contributed by atoms with E-state index in [-0.39, 0.29) is 0 Å². The van der Waals surface area contributed by atoms with E-state index in [1.807, 2.05) is 0 Å². The van der Waals surface area contributed by atoms with Gasteiger partial charge in [0, 0.05) is 32.7 Å². The van der Waals surface area contributed by atoms with Crippen molar-refractivity contribution >= 4 is 97.7 Å². The van der Waals surface area contributed by atoms with Crippen LogP contribution in [0.4, 0.5) is 0 Å². The Kier molecular flexibility index (Phi) is 11.3. The number of fused-ring (bicyclic) bond motifs is 11. The highest BCUT2D eigenvalue weighted by Crippen LogP contribution is 2.50. The molecule has 18 rings (SSSR count). The maximum Gasteiger partial charge on any atom is 0.143 e. The zero-order valence-corrected chi connectivity index (χ0v) is 47.8. The van der Waals surface area contributed by atoms with Gasteiger partial charge in [0.05, 0.1) is 0 Å².